The molecule has 13 nitrogen and oxygen atoms in total. The van der Waals surface area contributed by atoms with E-state index < -0.39 is 48.4 Å². The van der Waals surface area contributed by atoms with Gasteiger partial charge >= 0.3 is 5.69 Å². The van der Waals surface area contributed by atoms with Crippen LogP contribution in [0.2, 0.25) is 0 Å². The Kier molecular flexibility index (Phi) is 12.9. The van der Waals surface area contributed by atoms with Gasteiger partial charge in [0.25, 0.3) is 13.1 Å². The number of H-pyrrole nitrogens is 1. The van der Waals surface area contributed by atoms with Crippen molar-refractivity contribution in [1.82, 2.24) is 14.2 Å². The molecule has 2 saturated heterocycles. The molecule has 57 heavy (non-hydrogen) atoms. The van der Waals surface area contributed by atoms with Gasteiger partial charge in [-0.3, -0.25) is 18.9 Å². The first-order valence-electron chi connectivity index (χ1n) is 19.4. The predicted molar refractivity (Wildman–Crippen MR) is 216 cm³/mol. The summed E-state index contributed by atoms with van der Waals surface area (Å²) in [5.74, 6) is 1.33. The number of hydrogen-bond acceptors (Lipinski definition) is 10. The van der Waals surface area contributed by atoms with Gasteiger partial charge in [0.2, 0.25) is 0 Å². The Morgan fingerprint density at radius 2 is 1.53 bits per heavy atom. The van der Waals surface area contributed by atoms with Crippen LogP contribution in [0, 0.1) is 18.3 Å². The largest absolute Gasteiger partial charge is 0.497 e. The zero-order chi connectivity index (χ0) is 41.0. The van der Waals surface area contributed by atoms with E-state index in [1.165, 1.54) is 10.8 Å². The molecular formula is C43H53N4O9P. The van der Waals surface area contributed by atoms with Crippen LogP contribution in [-0.4, -0.2) is 77.7 Å². The number of nitrogens with one attached hydrogen (secondary N) is 1. The first-order valence-corrected chi connectivity index (χ1v) is 21.1. The van der Waals surface area contributed by atoms with E-state index in [9.17, 15) is 14.9 Å². The number of hydrogen-bond donors (Lipinski definition) is 1. The summed E-state index contributed by atoms with van der Waals surface area (Å²) in [5, 5.41) is 9.74. The second-order valence-electron chi connectivity index (χ2n) is 15.1. The van der Waals surface area contributed by atoms with Crippen molar-refractivity contribution in [3.05, 3.63) is 128 Å². The van der Waals surface area contributed by atoms with E-state index in [1.54, 1.807) is 21.1 Å². The highest BCUT2D eigenvalue weighted by Gasteiger charge is 2.63. The van der Waals surface area contributed by atoms with Crippen LogP contribution in [0.25, 0.3) is 0 Å². The van der Waals surface area contributed by atoms with Crippen molar-refractivity contribution in [1.29, 1.82) is 5.26 Å². The summed E-state index contributed by atoms with van der Waals surface area (Å²) in [4.78, 5) is 28.6. The van der Waals surface area contributed by atoms with Gasteiger partial charge in [-0.05, 0) is 88.4 Å². The topological polar surface area (TPSA) is 154 Å². The minimum atomic E-state index is -3.81. The van der Waals surface area contributed by atoms with Gasteiger partial charge in [0, 0.05) is 36.9 Å². The van der Waals surface area contributed by atoms with Crippen LogP contribution in [0.1, 0.15) is 75.4 Å². The van der Waals surface area contributed by atoms with E-state index in [2.05, 4.69) is 11.1 Å². The van der Waals surface area contributed by atoms with Crippen molar-refractivity contribution >= 4 is 7.52 Å². The Hall–Kier alpha value is -4.54. The highest BCUT2D eigenvalue weighted by Crippen LogP contribution is 2.60. The Balaban J connectivity index is 1.55. The minimum Gasteiger partial charge on any atom is -0.497 e. The molecule has 2 aliphatic rings. The van der Waals surface area contributed by atoms with Gasteiger partial charge in [-0.25, -0.2) is 9.46 Å². The maximum absolute atomic E-state index is 15.5. The van der Waals surface area contributed by atoms with Crippen molar-refractivity contribution < 1.29 is 32.8 Å². The normalized spacial score (nSPS) is 21.9. The summed E-state index contributed by atoms with van der Waals surface area (Å²) in [6, 6.07) is 26.8. The maximum Gasteiger partial charge on any atom is 0.330 e. The van der Waals surface area contributed by atoms with Crippen LogP contribution in [0.5, 0.6) is 11.5 Å². The van der Waals surface area contributed by atoms with Crippen molar-refractivity contribution in [2.24, 2.45) is 0 Å². The predicted octanol–water partition coefficient (Wildman–Crippen LogP) is 6.93. The molecule has 14 heteroatoms. The smallest absolute Gasteiger partial charge is 0.330 e. The van der Waals surface area contributed by atoms with E-state index in [1.807, 2.05) is 111 Å². The Morgan fingerprint density at radius 1 is 0.947 bits per heavy atom. The number of aromatic nitrogens is 2. The van der Waals surface area contributed by atoms with E-state index in [0.717, 1.165) is 16.7 Å². The van der Waals surface area contributed by atoms with Gasteiger partial charge in [0.1, 0.15) is 34.9 Å². The average molecular weight is 801 g/mol. The molecule has 0 aliphatic carbocycles. The first-order chi connectivity index (χ1) is 27.3. The molecule has 4 aromatic rings. The van der Waals surface area contributed by atoms with Gasteiger partial charge in [0.15, 0.2) is 6.23 Å². The fourth-order valence-electron chi connectivity index (χ4n) is 8.43. The summed E-state index contributed by atoms with van der Waals surface area (Å²) in [5.41, 5.74) is -1.06. The zero-order valence-electron chi connectivity index (χ0n) is 33.7. The number of nitriles is 1. The molecule has 304 valence electrons. The summed E-state index contributed by atoms with van der Waals surface area (Å²) >= 11 is 0. The van der Waals surface area contributed by atoms with Crippen LogP contribution in [0.3, 0.4) is 0 Å². The molecule has 3 aromatic carbocycles. The van der Waals surface area contributed by atoms with E-state index in [4.69, 9.17) is 28.2 Å². The van der Waals surface area contributed by atoms with Gasteiger partial charge < -0.3 is 28.2 Å². The number of aromatic amines is 1. The van der Waals surface area contributed by atoms with Crippen LogP contribution in [0.15, 0.2) is 94.6 Å². The van der Waals surface area contributed by atoms with Crippen LogP contribution < -0.4 is 20.7 Å². The van der Waals surface area contributed by atoms with Crippen molar-refractivity contribution in [2.45, 2.75) is 95.6 Å². The molecule has 6 rings (SSSR count). The highest BCUT2D eigenvalue weighted by atomic mass is 31.2. The Bertz CT molecular complexity index is 2120. The third-order valence-corrected chi connectivity index (χ3v) is 13.8. The molecule has 2 aliphatic heterocycles. The minimum absolute atomic E-state index is 0.0100. The Labute approximate surface area is 333 Å². The second kappa shape index (κ2) is 17.5. The summed E-state index contributed by atoms with van der Waals surface area (Å²) in [6.07, 6.45) is -0.689. The number of methoxy groups -OCH3 is 2. The average Bonchev–Trinajstić information content (AvgIpc) is 3.81. The zero-order valence-corrected chi connectivity index (χ0v) is 34.6. The van der Waals surface area contributed by atoms with Crippen LogP contribution in [0.4, 0.5) is 0 Å². The molecule has 0 amide bonds. The van der Waals surface area contributed by atoms with Gasteiger partial charge in [-0.15, -0.1) is 0 Å². The molecule has 3 heterocycles. The molecule has 1 aromatic heterocycles. The first kappa shape index (κ1) is 42.1. The van der Waals surface area contributed by atoms with Crippen LogP contribution >= 0.6 is 7.52 Å². The van der Waals surface area contributed by atoms with Gasteiger partial charge in [-0.1, -0.05) is 54.6 Å². The lowest BCUT2D eigenvalue weighted by atomic mass is 9.80. The fraction of sp³-hybridized carbons (Fsp3) is 0.465. The molecule has 2 fully saturated rings. The van der Waals surface area contributed by atoms with E-state index >= 15 is 4.57 Å². The summed E-state index contributed by atoms with van der Waals surface area (Å²) in [7, 11) is -0.586. The molecule has 1 N–H and O–H groups in total. The third-order valence-electron chi connectivity index (χ3n) is 10.9. The standard InChI is InChI=1S/C43H53N4O9P/c1-29(2)47(30(3)4)57(50,26-12-24-44)56-38-37(55-40(42(38)23-11-25-53-42)46-27-31(5)39(48)45-41(46)49)28-54-43(32-13-9-8-10-14-32,33-15-19-35(51-6)20-16-33)34-17-21-36(52-7)22-18-34/h8-10,13-22,27,29-30,37-38,40H,11-12,23,25-26,28H2,1-7H3,(H,45,48,49)/t37-,38-,40-,42-,57?/m1/s1. The fourth-order valence-corrected chi connectivity index (χ4v) is 11.3. The number of ether oxygens (including phenoxy) is 5. The number of aryl methyl sites for hydroxylation is 1. The van der Waals surface area contributed by atoms with Crippen LogP contribution in [-0.2, 0) is 28.9 Å². The SMILES string of the molecule is COc1ccc(C(OC[C@H]2O[C@@H](n3cc(C)c(=O)[nH]c3=O)[C@@]3(CCCO3)[C@@H]2OP(=O)(CCC#N)N(C(C)C)C(C)C)(c2ccccc2)c2ccc(OC)cc2)cc1. The highest BCUT2D eigenvalue weighted by molar-refractivity contribution is 7.56. The lowest BCUT2D eigenvalue weighted by Crippen LogP contribution is -2.51. The van der Waals surface area contributed by atoms with Gasteiger partial charge in [0.05, 0.1) is 33.1 Å². The second-order valence-corrected chi connectivity index (χ2v) is 17.5. The lowest BCUT2D eigenvalue weighted by Gasteiger charge is -2.42. The molecule has 1 spiro atoms. The number of rotatable bonds is 16. The third kappa shape index (κ3) is 8.13. The number of benzene rings is 3. The van der Waals surface area contributed by atoms with Gasteiger partial charge in [-0.2, -0.15) is 5.26 Å². The van der Waals surface area contributed by atoms with E-state index in [-0.39, 0.29) is 31.3 Å². The summed E-state index contributed by atoms with van der Waals surface area (Å²) < 4.78 is 57.6. The summed E-state index contributed by atoms with van der Waals surface area (Å²) in [6.45, 7) is 9.59. The number of nitrogens with zero attached hydrogens (tertiary/aromatic N) is 3. The van der Waals surface area contributed by atoms with Crippen molar-refractivity contribution in [3.63, 3.8) is 0 Å². The molecular weight excluding hydrogens is 747 g/mol. The Morgan fingerprint density at radius 3 is 2.04 bits per heavy atom. The molecule has 5 atom stereocenters. The lowest BCUT2D eigenvalue weighted by molar-refractivity contribution is -0.122. The monoisotopic (exact) mass is 800 g/mol. The molecule has 0 bridgehead atoms. The molecule has 1 unspecified atom stereocenters. The molecule has 0 saturated carbocycles. The quantitative estimate of drug-likeness (QED) is 0.0927. The maximum atomic E-state index is 15.5. The molecule has 0 radical (unpaired) electrons. The van der Waals surface area contributed by atoms with E-state index in [0.29, 0.717) is 36.5 Å². The van der Waals surface area contributed by atoms with Crippen molar-refractivity contribution in [2.75, 3.05) is 33.6 Å². The van der Waals surface area contributed by atoms with Crippen molar-refractivity contribution in [3.8, 4) is 17.6 Å².